The summed E-state index contributed by atoms with van der Waals surface area (Å²) in [5, 5.41) is 11.1. The van der Waals surface area contributed by atoms with Gasteiger partial charge in [0.05, 0.1) is 6.20 Å². The number of nitrogens with zero attached hydrogens (tertiary/aromatic N) is 4. The number of benzene rings is 1. The molecule has 0 aliphatic carbocycles. The average molecular weight is 353 g/mol. The molecule has 0 aliphatic rings. The van der Waals surface area contributed by atoms with Crippen LogP contribution in [0, 0.1) is 0 Å². The van der Waals surface area contributed by atoms with Crippen LogP contribution in [0.25, 0.3) is 0 Å². The zero-order valence-corrected chi connectivity index (χ0v) is 15.2. The summed E-state index contributed by atoms with van der Waals surface area (Å²) in [5.41, 5.74) is 2.56. The highest BCUT2D eigenvalue weighted by atomic mass is 16.5. The number of carbonyl (C=O) groups is 1. The minimum atomic E-state index is -0.228. The fraction of sp³-hybridized carbons (Fsp3) is 0.316. The Balaban J connectivity index is 1.51. The van der Waals surface area contributed by atoms with Crippen molar-refractivity contribution in [3.05, 3.63) is 65.7 Å². The molecule has 1 aromatic carbocycles. The van der Waals surface area contributed by atoms with Gasteiger partial charge >= 0.3 is 0 Å². The molecule has 2 heterocycles. The first kappa shape index (κ1) is 17.7. The molecule has 0 radical (unpaired) electrons. The van der Waals surface area contributed by atoms with E-state index in [4.69, 9.17) is 4.74 Å². The summed E-state index contributed by atoms with van der Waals surface area (Å²) in [6.07, 6.45) is 5.30. The lowest BCUT2D eigenvalue weighted by atomic mass is 10.0. The molecule has 0 saturated carbocycles. The Bertz CT molecular complexity index is 864. The van der Waals surface area contributed by atoms with Gasteiger partial charge in [0.25, 0.3) is 5.91 Å². The van der Waals surface area contributed by atoms with E-state index in [1.54, 1.807) is 27.8 Å². The molecule has 26 heavy (non-hydrogen) atoms. The monoisotopic (exact) mass is 353 g/mol. The van der Waals surface area contributed by atoms with E-state index in [1.165, 1.54) is 5.56 Å². The fourth-order valence-corrected chi connectivity index (χ4v) is 2.48. The summed E-state index contributed by atoms with van der Waals surface area (Å²) in [4.78, 5) is 12.2. The van der Waals surface area contributed by atoms with Gasteiger partial charge in [-0.15, -0.1) is 0 Å². The maximum absolute atomic E-state index is 12.2. The van der Waals surface area contributed by atoms with Crippen molar-refractivity contribution in [3.8, 4) is 5.75 Å². The number of aromatic nitrogens is 4. The molecule has 7 heteroatoms. The zero-order chi connectivity index (χ0) is 18.5. The maximum atomic E-state index is 12.2. The highest BCUT2D eigenvalue weighted by molar-refractivity contribution is 5.92. The van der Waals surface area contributed by atoms with Gasteiger partial charge in [-0.2, -0.15) is 10.2 Å². The van der Waals surface area contributed by atoms with Crippen LogP contribution in [0.3, 0.4) is 0 Å². The number of aryl methyl sites for hydroxylation is 1. The molecule has 3 rings (SSSR count). The van der Waals surface area contributed by atoms with Gasteiger partial charge in [-0.3, -0.25) is 9.48 Å². The Morgan fingerprint density at radius 1 is 1.23 bits per heavy atom. The smallest absolute Gasteiger partial charge is 0.272 e. The lowest BCUT2D eigenvalue weighted by Gasteiger charge is -2.09. The quantitative estimate of drug-likeness (QED) is 0.709. The Morgan fingerprint density at radius 3 is 2.65 bits per heavy atom. The van der Waals surface area contributed by atoms with Crippen LogP contribution in [0.1, 0.15) is 41.4 Å². The minimum Gasteiger partial charge on any atom is -0.471 e. The van der Waals surface area contributed by atoms with Crippen LogP contribution in [0.4, 0.5) is 0 Å². The molecular formula is C19H23N5O2. The first-order chi connectivity index (χ1) is 12.5. The van der Waals surface area contributed by atoms with E-state index in [1.807, 2.05) is 25.4 Å². The molecule has 3 aromatic rings. The van der Waals surface area contributed by atoms with Crippen LogP contribution in [0.15, 0.2) is 48.9 Å². The molecule has 0 spiro atoms. The molecule has 1 amide bonds. The third-order valence-corrected chi connectivity index (χ3v) is 3.99. The highest BCUT2D eigenvalue weighted by Crippen LogP contribution is 2.18. The van der Waals surface area contributed by atoms with Gasteiger partial charge < -0.3 is 10.1 Å². The first-order valence-corrected chi connectivity index (χ1v) is 8.53. The van der Waals surface area contributed by atoms with Gasteiger partial charge in [0.15, 0.2) is 6.73 Å². The summed E-state index contributed by atoms with van der Waals surface area (Å²) < 4.78 is 9.00. The average Bonchev–Trinajstić information content (AvgIpc) is 3.27. The van der Waals surface area contributed by atoms with Crippen molar-refractivity contribution >= 4 is 5.91 Å². The van der Waals surface area contributed by atoms with E-state index in [2.05, 4.69) is 41.5 Å². The number of nitrogens with one attached hydrogen (secondary N) is 1. The summed E-state index contributed by atoms with van der Waals surface area (Å²) in [6, 6.07) is 9.67. The van der Waals surface area contributed by atoms with Crippen molar-refractivity contribution in [1.82, 2.24) is 24.9 Å². The first-order valence-electron chi connectivity index (χ1n) is 8.53. The summed E-state index contributed by atoms with van der Waals surface area (Å²) in [5.74, 6) is 1.03. The van der Waals surface area contributed by atoms with Crippen molar-refractivity contribution in [3.63, 3.8) is 0 Å². The number of amides is 1. The van der Waals surface area contributed by atoms with Gasteiger partial charge in [0.2, 0.25) is 0 Å². The van der Waals surface area contributed by atoms with Crippen molar-refractivity contribution in [2.45, 2.75) is 33.0 Å². The third kappa shape index (κ3) is 4.50. The van der Waals surface area contributed by atoms with Crippen LogP contribution in [-0.4, -0.2) is 25.5 Å². The Morgan fingerprint density at radius 2 is 2.00 bits per heavy atom. The molecule has 136 valence electrons. The molecule has 0 unspecified atom stereocenters. The topological polar surface area (TPSA) is 74.0 Å². The van der Waals surface area contributed by atoms with Crippen LogP contribution in [0.5, 0.6) is 5.75 Å². The molecule has 0 atom stereocenters. The molecular weight excluding hydrogens is 330 g/mol. The number of carbonyl (C=O) groups excluding carboxylic acids is 1. The Hall–Kier alpha value is -3.09. The third-order valence-electron chi connectivity index (χ3n) is 3.99. The Kier molecular flexibility index (Phi) is 5.36. The van der Waals surface area contributed by atoms with Crippen LogP contribution in [0.2, 0.25) is 0 Å². The molecule has 0 saturated heterocycles. The predicted molar refractivity (Wildman–Crippen MR) is 97.8 cm³/mol. The minimum absolute atomic E-state index is 0.228. The molecule has 0 bridgehead atoms. The second-order valence-corrected chi connectivity index (χ2v) is 6.44. The summed E-state index contributed by atoms with van der Waals surface area (Å²) in [6.45, 7) is 4.97. The predicted octanol–water partition coefficient (Wildman–Crippen LogP) is 2.71. The molecule has 1 N–H and O–H groups in total. The van der Waals surface area contributed by atoms with Crippen molar-refractivity contribution in [2.24, 2.45) is 7.05 Å². The van der Waals surface area contributed by atoms with Crippen molar-refractivity contribution in [1.29, 1.82) is 0 Å². The van der Waals surface area contributed by atoms with Gasteiger partial charge in [0, 0.05) is 31.5 Å². The zero-order valence-electron chi connectivity index (χ0n) is 15.2. The van der Waals surface area contributed by atoms with Gasteiger partial charge in [-0.1, -0.05) is 26.0 Å². The fourth-order valence-electron chi connectivity index (χ4n) is 2.48. The SMILES string of the molecule is CC(C)c1ccc(OCn2ccc(C(=O)NCc3cnn(C)c3)n2)cc1. The van der Waals surface area contributed by atoms with Crippen molar-refractivity contribution in [2.75, 3.05) is 0 Å². The van der Waals surface area contributed by atoms with E-state index >= 15 is 0 Å². The van der Waals surface area contributed by atoms with E-state index in [-0.39, 0.29) is 12.6 Å². The van der Waals surface area contributed by atoms with Crippen molar-refractivity contribution < 1.29 is 9.53 Å². The van der Waals surface area contributed by atoms with Crippen LogP contribution >= 0.6 is 0 Å². The maximum Gasteiger partial charge on any atom is 0.272 e. The summed E-state index contributed by atoms with van der Waals surface area (Å²) >= 11 is 0. The number of hydrogen-bond acceptors (Lipinski definition) is 4. The standard InChI is InChI=1S/C19H23N5O2/c1-14(2)16-4-6-17(7-5-16)26-13-24-9-8-18(22-24)19(25)20-10-15-11-21-23(3)12-15/h4-9,11-12,14H,10,13H2,1-3H3,(H,20,25). The molecule has 0 fully saturated rings. The molecule has 2 aromatic heterocycles. The highest BCUT2D eigenvalue weighted by Gasteiger charge is 2.10. The lowest BCUT2D eigenvalue weighted by Crippen LogP contribution is -2.23. The molecule has 0 aliphatic heterocycles. The van der Waals surface area contributed by atoms with Gasteiger partial charge in [0.1, 0.15) is 11.4 Å². The number of rotatable bonds is 7. The second kappa shape index (κ2) is 7.86. The van der Waals surface area contributed by atoms with Crippen LogP contribution < -0.4 is 10.1 Å². The van der Waals surface area contributed by atoms with E-state index in [9.17, 15) is 4.79 Å². The lowest BCUT2D eigenvalue weighted by molar-refractivity contribution is 0.0944. The molecule has 7 nitrogen and oxygen atoms in total. The number of ether oxygens (including phenoxy) is 1. The second-order valence-electron chi connectivity index (χ2n) is 6.44. The van der Waals surface area contributed by atoms with E-state index in [0.29, 0.717) is 18.2 Å². The van der Waals surface area contributed by atoms with E-state index in [0.717, 1.165) is 11.3 Å². The normalized spacial score (nSPS) is 10.9. The Labute approximate surface area is 152 Å². The summed E-state index contributed by atoms with van der Waals surface area (Å²) in [7, 11) is 1.84. The largest absolute Gasteiger partial charge is 0.471 e. The van der Waals surface area contributed by atoms with E-state index < -0.39 is 0 Å². The van der Waals surface area contributed by atoms with Crippen LogP contribution in [-0.2, 0) is 20.3 Å². The van der Waals surface area contributed by atoms with Gasteiger partial charge in [-0.05, 0) is 29.7 Å². The number of hydrogen-bond donors (Lipinski definition) is 1. The van der Waals surface area contributed by atoms with Gasteiger partial charge in [-0.25, -0.2) is 4.68 Å².